The number of aliphatic imine (C=N–C) groups is 1. The smallest absolute Gasteiger partial charge is 0.272 e. The lowest BCUT2D eigenvalue weighted by Crippen LogP contribution is -2.49. The summed E-state index contributed by atoms with van der Waals surface area (Å²) in [7, 11) is 6.37. The van der Waals surface area contributed by atoms with E-state index >= 15 is 0 Å². The number of carbonyl (C=O) groups excluding carboxylic acids is 5. The van der Waals surface area contributed by atoms with E-state index in [0.29, 0.717) is 74.1 Å². The van der Waals surface area contributed by atoms with E-state index in [1.165, 1.54) is 11.9 Å². The number of unbranched alkanes of at least 4 members (excludes halogenated alkanes) is 6. The lowest BCUT2D eigenvalue weighted by molar-refractivity contribution is -0.148. The summed E-state index contributed by atoms with van der Waals surface area (Å²) in [4.78, 5) is 84.0. The van der Waals surface area contributed by atoms with Gasteiger partial charge >= 0.3 is 0 Å². The molecule has 18 heteroatoms. The van der Waals surface area contributed by atoms with Crippen molar-refractivity contribution in [3.8, 4) is 0 Å². The van der Waals surface area contributed by atoms with Crippen LogP contribution < -0.4 is 15.1 Å². The number of aldehydes is 2. The van der Waals surface area contributed by atoms with Crippen LogP contribution in [0.15, 0.2) is 64.3 Å². The van der Waals surface area contributed by atoms with Crippen LogP contribution in [-0.2, 0) is 14.4 Å². The average Bonchev–Trinajstić information content (AvgIpc) is 3.69. The molecule has 2 aliphatic rings. The van der Waals surface area contributed by atoms with E-state index < -0.39 is 17.9 Å². The zero-order valence-corrected chi connectivity index (χ0v) is 41.7. The van der Waals surface area contributed by atoms with Gasteiger partial charge in [-0.05, 0) is 104 Å². The van der Waals surface area contributed by atoms with Crippen molar-refractivity contribution in [2.24, 2.45) is 4.99 Å². The monoisotopic (exact) mass is 955 g/mol. The van der Waals surface area contributed by atoms with E-state index in [1.807, 2.05) is 20.0 Å². The molecule has 3 N–H and O–H groups in total. The number of carbonyl (C=O) groups is 5. The summed E-state index contributed by atoms with van der Waals surface area (Å²) in [5.41, 5.74) is 3.55. The quantitative estimate of drug-likeness (QED) is 0.0216. The van der Waals surface area contributed by atoms with Crippen molar-refractivity contribution in [2.45, 2.75) is 96.6 Å². The fourth-order valence-electron chi connectivity index (χ4n) is 8.81. The molecular formula is C51H75FN12O5. The molecule has 2 aromatic rings. The summed E-state index contributed by atoms with van der Waals surface area (Å²) in [6.45, 7) is 13.9. The number of hydrogen-bond donors (Lipinski definition) is 3. The van der Waals surface area contributed by atoms with Crippen molar-refractivity contribution in [2.75, 3.05) is 96.9 Å². The van der Waals surface area contributed by atoms with Gasteiger partial charge in [-0.1, -0.05) is 54.4 Å². The molecule has 4 rings (SSSR count). The number of piperazine rings is 1. The molecule has 376 valence electrons. The first-order valence-electron chi connectivity index (χ1n) is 24.3. The Bertz CT molecular complexity index is 2160. The Morgan fingerprint density at radius 1 is 0.971 bits per heavy atom. The van der Waals surface area contributed by atoms with Crippen LogP contribution >= 0.6 is 0 Å². The molecule has 3 heterocycles. The summed E-state index contributed by atoms with van der Waals surface area (Å²) >= 11 is 0. The summed E-state index contributed by atoms with van der Waals surface area (Å²) in [6, 6.07) is 9.53. The van der Waals surface area contributed by atoms with Crippen molar-refractivity contribution in [1.29, 1.82) is 10.8 Å². The number of allylic oxidation sites excluding steroid dienone is 1. The molecule has 2 saturated heterocycles. The number of amides is 3. The lowest BCUT2D eigenvalue weighted by atomic mass is 10.0. The number of halogens is 1. The normalized spacial score (nSPS) is 16.3. The summed E-state index contributed by atoms with van der Waals surface area (Å²) in [5, 5.41) is 19.5. The van der Waals surface area contributed by atoms with Crippen molar-refractivity contribution in [3.05, 3.63) is 76.1 Å². The molecule has 17 nitrogen and oxygen atoms in total. The van der Waals surface area contributed by atoms with E-state index in [9.17, 15) is 28.5 Å². The highest BCUT2D eigenvalue weighted by Crippen LogP contribution is 2.32. The van der Waals surface area contributed by atoms with Crippen LogP contribution in [-0.4, -0.2) is 178 Å². The van der Waals surface area contributed by atoms with Crippen LogP contribution in [0.3, 0.4) is 0 Å². The van der Waals surface area contributed by atoms with Gasteiger partial charge in [0, 0.05) is 82.5 Å². The van der Waals surface area contributed by atoms with E-state index in [0.717, 1.165) is 114 Å². The standard InChI is InChI=1S/C51H75FN12O5/c1-8-62(37-53)48(54)42-23-18-26-46(57-42)64-34-41(40(49(64)67)22-14-13-20-38(2)55-3)43(56-4)35-58(5)27-15-11-9-10-12-16-28-61-29-31-63(32-30-61)44-24-17-21-39(36-66)47(44)51(69)59(6)45(25-19-33-65)50(68)60(7)52/h17-18,21-24,26,33,36-38,45,53-55H,4,8-16,19-20,25,27-32,34-35H2,1-3,5-7H3/b40-22+,43-41-,53-37?,54-48?. The van der Waals surface area contributed by atoms with Crippen LogP contribution in [0.4, 0.5) is 16.0 Å². The molecule has 3 amide bonds. The average molecular weight is 955 g/mol. The molecule has 2 fully saturated rings. The summed E-state index contributed by atoms with van der Waals surface area (Å²) in [6.07, 6.45) is 13.5. The van der Waals surface area contributed by atoms with Gasteiger partial charge in [0.1, 0.15) is 23.8 Å². The van der Waals surface area contributed by atoms with Crippen LogP contribution in [0, 0.1) is 10.8 Å². The Kier molecular flexibility index (Phi) is 23.0. The van der Waals surface area contributed by atoms with Gasteiger partial charge in [-0.2, -0.15) is 5.12 Å². The highest BCUT2D eigenvalue weighted by molar-refractivity contribution is 6.13. The first kappa shape index (κ1) is 55.6. The van der Waals surface area contributed by atoms with Gasteiger partial charge in [-0.15, -0.1) is 0 Å². The maximum atomic E-state index is 14.1. The van der Waals surface area contributed by atoms with E-state index in [2.05, 4.69) is 50.7 Å². The van der Waals surface area contributed by atoms with Crippen molar-refractivity contribution in [3.63, 3.8) is 0 Å². The molecule has 2 aliphatic heterocycles. The third-order valence-corrected chi connectivity index (χ3v) is 13.1. The minimum Gasteiger partial charge on any atom is -0.368 e. The first-order chi connectivity index (χ1) is 33.2. The van der Waals surface area contributed by atoms with Crippen molar-refractivity contribution < 1.29 is 28.5 Å². The molecular weight excluding hydrogens is 880 g/mol. The maximum Gasteiger partial charge on any atom is 0.272 e. The number of rotatable bonds is 29. The zero-order chi connectivity index (χ0) is 50.5. The SMILES string of the molecule is C=N/C(CN(C)CCCCCCCCN1CCN(c2cccc(C=O)c2C(=O)N(C)C(CCC=O)C(=O)N(C)F)CC1)=C1/CN(c2cccc(C(=N)N(C=N)CC)n2)C(=O)/C1=C/CCCC(C)NC. The minimum atomic E-state index is -1.20. The number of pyridine rings is 1. The number of benzene rings is 1. The molecule has 2 atom stereocenters. The van der Waals surface area contributed by atoms with Crippen LogP contribution in [0.1, 0.15) is 111 Å². The Balaban J connectivity index is 1.27. The van der Waals surface area contributed by atoms with E-state index in [1.54, 1.807) is 41.3 Å². The van der Waals surface area contributed by atoms with E-state index in [4.69, 9.17) is 10.8 Å². The zero-order valence-electron chi connectivity index (χ0n) is 41.7. The van der Waals surface area contributed by atoms with E-state index in [-0.39, 0.29) is 40.8 Å². The predicted octanol–water partition coefficient (Wildman–Crippen LogP) is 6.01. The first-order valence-corrected chi connectivity index (χ1v) is 24.3. The molecule has 0 spiro atoms. The third kappa shape index (κ3) is 15.5. The van der Waals surface area contributed by atoms with Gasteiger partial charge in [0.05, 0.1) is 29.8 Å². The summed E-state index contributed by atoms with van der Waals surface area (Å²) in [5.74, 6) is -1.13. The Hall–Kier alpha value is -5.98. The Morgan fingerprint density at radius 3 is 2.30 bits per heavy atom. The Morgan fingerprint density at radius 2 is 1.67 bits per heavy atom. The van der Waals surface area contributed by atoms with Gasteiger partial charge in [-0.3, -0.25) is 44.8 Å². The number of likely N-dealkylation sites (N-methyl/N-ethyl adjacent to an activating group) is 3. The second-order valence-corrected chi connectivity index (χ2v) is 17.9. The molecule has 0 radical (unpaired) electrons. The van der Waals surface area contributed by atoms with Crippen molar-refractivity contribution in [1.82, 2.24) is 35.0 Å². The number of hydrogen-bond acceptors (Lipinski definition) is 13. The highest BCUT2D eigenvalue weighted by Gasteiger charge is 2.36. The molecule has 1 aromatic carbocycles. The predicted molar refractivity (Wildman–Crippen MR) is 272 cm³/mol. The molecule has 2 unspecified atom stereocenters. The molecule has 1 aromatic heterocycles. The molecule has 0 bridgehead atoms. The number of anilines is 2. The second-order valence-electron chi connectivity index (χ2n) is 17.9. The number of aromatic nitrogens is 1. The van der Waals surface area contributed by atoms with Crippen LogP contribution in [0.5, 0.6) is 0 Å². The molecule has 0 aliphatic carbocycles. The Labute approximate surface area is 408 Å². The largest absolute Gasteiger partial charge is 0.368 e. The van der Waals surface area contributed by atoms with Gasteiger partial charge < -0.3 is 29.7 Å². The maximum absolute atomic E-state index is 14.1. The minimum absolute atomic E-state index is 0.0283. The number of nitrogens with one attached hydrogen (secondary N) is 3. The van der Waals surface area contributed by atoms with Crippen molar-refractivity contribution >= 4 is 60.7 Å². The highest BCUT2D eigenvalue weighted by atomic mass is 19.2. The summed E-state index contributed by atoms with van der Waals surface area (Å²) < 4.78 is 14.0. The number of amidine groups is 1. The second kappa shape index (κ2) is 28.5. The van der Waals surface area contributed by atoms with Crippen LogP contribution in [0.25, 0.3) is 0 Å². The number of nitrogens with zero attached hydrogens (tertiary/aromatic N) is 9. The fraction of sp³-hybridized carbons (Fsp3) is 0.549. The van der Waals surface area contributed by atoms with Gasteiger partial charge in [0.15, 0.2) is 12.1 Å². The third-order valence-electron chi connectivity index (χ3n) is 13.1. The molecule has 69 heavy (non-hydrogen) atoms. The van der Waals surface area contributed by atoms with Crippen LogP contribution in [0.2, 0.25) is 0 Å². The topological polar surface area (TPSA) is 193 Å². The van der Waals surface area contributed by atoms with Gasteiger partial charge in [0.25, 0.3) is 17.7 Å². The fourth-order valence-corrected chi connectivity index (χ4v) is 8.81. The lowest BCUT2D eigenvalue weighted by Gasteiger charge is -2.37. The van der Waals surface area contributed by atoms with Gasteiger partial charge in [-0.25, -0.2) is 4.98 Å². The van der Waals surface area contributed by atoms with Gasteiger partial charge in [0.2, 0.25) is 0 Å². The molecule has 0 saturated carbocycles.